The second-order valence-corrected chi connectivity index (χ2v) is 7.60. The zero-order valence-electron chi connectivity index (χ0n) is 17.3. The molecule has 0 radical (unpaired) electrons. The Hall–Kier alpha value is -3.67. The third kappa shape index (κ3) is 4.74. The maximum atomic E-state index is 13.2. The van der Waals surface area contributed by atoms with Gasteiger partial charge in [-0.2, -0.15) is 0 Å². The van der Waals surface area contributed by atoms with E-state index < -0.39 is 0 Å². The van der Waals surface area contributed by atoms with E-state index in [9.17, 15) is 14.4 Å². The van der Waals surface area contributed by atoms with Gasteiger partial charge >= 0.3 is 0 Å². The Labute approximate surface area is 181 Å². The molecule has 0 spiro atoms. The van der Waals surface area contributed by atoms with Crippen LogP contribution in [-0.4, -0.2) is 60.2 Å². The lowest BCUT2D eigenvalue weighted by molar-refractivity contribution is -0.129. The summed E-state index contributed by atoms with van der Waals surface area (Å²) in [6, 6.07) is 22.4. The molecule has 6 heteroatoms. The number of nitrogens with zero attached hydrogens (tertiary/aromatic N) is 2. The topological polar surface area (TPSA) is 69.7 Å². The first kappa shape index (κ1) is 20.6. The van der Waals surface area contributed by atoms with Gasteiger partial charge in [0.1, 0.15) is 0 Å². The van der Waals surface area contributed by atoms with Gasteiger partial charge in [-0.25, -0.2) is 0 Å². The molecule has 1 N–H and O–H groups in total. The number of fused-ring (bicyclic) bond motifs is 1. The van der Waals surface area contributed by atoms with Crippen molar-refractivity contribution in [3.8, 4) is 0 Å². The Morgan fingerprint density at radius 1 is 0.742 bits per heavy atom. The lowest BCUT2D eigenvalue weighted by Gasteiger charge is -2.23. The maximum absolute atomic E-state index is 13.2. The fourth-order valence-electron chi connectivity index (χ4n) is 3.91. The highest BCUT2D eigenvalue weighted by atomic mass is 16.2. The van der Waals surface area contributed by atoms with E-state index in [4.69, 9.17) is 0 Å². The van der Waals surface area contributed by atoms with Crippen LogP contribution >= 0.6 is 0 Å². The summed E-state index contributed by atoms with van der Waals surface area (Å²) in [7, 11) is 0. The van der Waals surface area contributed by atoms with Gasteiger partial charge in [-0.05, 0) is 35.4 Å². The van der Waals surface area contributed by atoms with E-state index in [1.54, 1.807) is 29.2 Å². The monoisotopic (exact) mass is 415 g/mol. The fraction of sp³-hybridized carbons (Fsp3) is 0.240. The maximum Gasteiger partial charge on any atom is 0.254 e. The van der Waals surface area contributed by atoms with Crippen molar-refractivity contribution in [1.29, 1.82) is 0 Å². The highest BCUT2D eigenvalue weighted by molar-refractivity contribution is 6.07. The Balaban J connectivity index is 1.36. The average Bonchev–Trinajstić information content (AvgIpc) is 3.08. The minimum absolute atomic E-state index is 0.0107. The molecule has 1 aliphatic rings. The van der Waals surface area contributed by atoms with Crippen molar-refractivity contribution < 1.29 is 14.4 Å². The van der Waals surface area contributed by atoms with E-state index in [0.717, 1.165) is 10.8 Å². The first-order valence-electron chi connectivity index (χ1n) is 10.5. The SMILES string of the molecule is O=C(NCC(=O)N1CCCN(C(=O)c2cccc3ccccc23)CC1)c1ccccc1. The molecule has 3 aromatic rings. The van der Waals surface area contributed by atoms with Gasteiger partial charge in [0.15, 0.2) is 0 Å². The molecule has 4 rings (SSSR count). The van der Waals surface area contributed by atoms with Crippen molar-refractivity contribution >= 4 is 28.5 Å². The summed E-state index contributed by atoms with van der Waals surface area (Å²) in [5.41, 5.74) is 1.21. The van der Waals surface area contributed by atoms with E-state index in [2.05, 4.69) is 5.32 Å². The Bertz CT molecular complexity index is 1090. The van der Waals surface area contributed by atoms with Gasteiger partial charge in [0.05, 0.1) is 6.54 Å². The summed E-state index contributed by atoms with van der Waals surface area (Å²) in [5, 5.41) is 4.66. The molecule has 0 atom stereocenters. The lowest BCUT2D eigenvalue weighted by Crippen LogP contribution is -2.42. The molecule has 158 valence electrons. The average molecular weight is 415 g/mol. The standard InChI is InChI=1S/C25H25N3O3/c29-23(18-26-24(30)20-9-2-1-3-10-20)27-14-7-15-28(17-16-27)25(31)22-13-6-11-19-8-4-5-12-21(19)22/h1-6,8-13H,7,14-18H2,(H,26,30). The summed E-state index contributed by atoms with van der Waals surface area (Å²) in [6.07, 6.45) is 0.703. The van der Waals surface area contributed by atoms with E-state index in [0.29, 0.717) is 43.7 Å². The minimum atomic E-state index is -0.267. The van der Waals surface area contributed by atoms with Crippen LogP contribution in [0.4, 0.5) is 0 Å². The Morgan fingerprint density at radius 3 is 2.26 bits per heavy atom. The fourth-order valence-corrected chi connectivity index (χ4v) is 3.91. The van der Waals surface area contributed by atoms with Crippen molar-refractivity contribution in [3.05, 3.63) is 83.9 Å². The van der Waals surface area contributed by atoms with Crippen LogP contribution in [0.3, 0.4) is 0 Å². The van der Waals surface area contributed by atoms with Gasteiger partial charge in [-0.3, -0.25) is 14.4 Å². The predicted octanol–water partition coefficient (Wildman–Crippen LogP) is 2.94. The Morgan fingerprint density at radius 2 is 1.42 bits per heavy atom. The number of hydrogen-bond acceptors (Lipinski definition) is 3. The largest absolute Gasteiger partial charge is 0.343 e. The summed E-state index contributed by atoms with van der Waals surface area (Å²) < 4.78 is 0. The van der Waals surface area contributed by atoms with Crippen LogP contribution in [0.15, 0.2) is 72.8 Å². The van der Waals surface area contributed by atoms with Crippen molar-refractivity contribution in [1.82, 2.24) is 15.1 Å². The van der Waals surface area contributed by atoms with Crippen LogP contribution in [0.5, 0.6) is 0 Å². The molecular formula is C25H25N3O3. The molecule has 0 aromatic heterocycles. The van der Waals surface area contributed by atoms with Gasteiger partial charge in [-0.1, -0.05) is 54.6 Å². The van der Waals surface area contributed by atoms with E-state index in [1.165, 1.54) is 0 Å². The number of nitrogens with one attached hydrogen (secondary N) is 1. The van der Waals surface area contributed by atoms with Crippen molar-refractivity contribution in [2.75, 3.05) is 32.7 Å². The molecule has 3 aromatic carbocycles. The molecule has 1 heterocycles. The molecule has 0 saturated carbocycles. The molecule has 3 amide bonds. The summed E-state index contributed by atoms with van der Waals surface area (Å²) in [6.45, 7) is 2.05. The van der Waals surface area contributed by atoms with Gasteiger partial charge in [0, 0.05) is 37.3 Å². The number of benzene rings is 3. The van der Waals surface area contributed by atoms with Crippen LogP contribution in [0.1, 0.15) is 27.1 Å². The lowest BCUT2D eigenvalue weighted by atomic mass is 10.0. The quantitative estimate of drug-likeness (QED) is 0.712. The predicted molar refractivity (Wildman–Crippen MR) is 120 cm³/mol. The molecule has 1 aliphatic heterocycles. The van der Waals surface area contributed by atoms with Crippen molar-refractivity contribution in [2.24, 2.45) is 0 Å². The van der Waals surface area contributed by atoms with Crippen LogP contribution in [0.25, 0.3) is 10.8 Å². The molecule has 31 heavy (non-hydrogen) atoms. The number of carbonyl (C=O) groups is 3. The van der Waals surface area contributed by atoms with E-state index in [-0.39, 0.29) is 24.3 Å². The van der Waals surface area contributed by atoms with Crippen molar-refractivity contribution in [3.63, 3.8) is 0 Å². The summed E-state index contributed by atoms with van der Waals surface area (Å²) in [5.74, 6) is -0.413. The number of hydrogen-bond donors (Lipinski definition) is 1. The summed E-state index contributed by atoms with van der Waals surface area (Å²) in [4.78, 5) is 41.5. The normalized spacial score (nSPS) is 14.2. The molecule has 1 saturated heterocycles. The zero-order valence-corrected chi connectivity index (χ0v) is 17.3. The number of rotatable bonds is 4. The molecular weight excluding hydrogens is 390 g/mol. The van der Waals surface area contributed by atoms with Crippen LogP contribution < -0.4 is 5.32 Å². The first-order valence-corrected chi connectivity index (χ1v) is 10.5. The van der Waals surface area contributed by atoms with Crippen LogP contribution in [0, 0.1) is 0 Å². The van der Waals surface area contributed by atoms with Crippen LogP contribution in [-0.2, 0) is 4.79 Å². The first-order chi connectivity index (χ1) is 15.1. The minimum Gasteiger partial charge on any atom is -0.343 e. The third-order valence-corrected chi connectivity index (χ3v) is 5.59. The van der Waals surface area contributed by atoms with Gasteiger partial charge in [-0.15, -0.1) is 0 Å². The highest BCUT2D eigenvalue weighted by Crippen LogP contribution is 2.20. The highest BCUT2D eigenvalue weighted by Gasteiger charge is 2.24. The number of amides is 3. The third-order valence-electron chi connectivity index (χ3n) is 5.59. The van der Waals surface area contributed by atoms with Crippen molar-refractivity contribution in [2.45, 2.75) is 6.42 Å². The van der Waals surface area contributed by atoms with Crippen LogP contribution in [0.2, 0.25) is 0 Å². The zero-order chi connectivity index (χ0) is 21.6. The second-order valence-electron chi connectivity index (χ2n) is 7.60. The smallest absolute Gasteiger partial charge is 0.254 e. The second kappa shape index (κ2) is 9.43. The molecule has 6 nitrogen and oxygen atoms in total. The Kier molecular flexibility index (Phi) is 6.26. The molecule has 0 aliphatic carbocycles. The number of carbonyl (C=O) groups excluding carboxylic acids is 3. The van der Waals surface area contributed by atoms with E-state index >= 15 is 0 Å². The van der Waals surface area contributed by atoms with Gasteiger partial charge in [0.25, 0.3) is 11.8 Å². The molecule has 0 unspecified atom stereocenters. The van der Waals surface area contributed by atoms with E-state index in [1.807, 2.05) is 53.4 Å². The molecule has 0 bridgehead atoms. The molecule has 1 fully saturated rings. The van der Waals surface area contributed by atoms with Gasteiger partial charge < -0.3 is 15.1 Å². The van der Waals surface area contributed by atoms with Gasteiger partial charge in [0.2, 0.25) is 5.91 Å². The summed E-state index contributed by atoms with van der Waals surface area (Å²) >= 11 is 0.